The van der Waals surface area contributed by atoms with Crippen molar-refractivity contribution < 1.29 is 4.79 Å². The summed E-state index contributed by atoms with van der Waals surface area (Å²) in [6.45, 7) is 9.96. The topological polar surface area (TPSA) is 32.3 Å². The summed E-state index contributed by atoms with van der Waals surface area (Å²) in [7, 11) is 0. The molecule has 0 aromatic rings. The quantitative estimate of drug-likeness (QED) is 0.687. The fraction of sp³-hybridized carbons (Fsp3) is 0.727. The van der Waals surface area contributed by atoms with Crippen molar-refractivity contribution in [2.45, 2.75) is 38.8 Å². The van der Waals surface area contributed by atoms with Gasteiger partial charge in [0.2, 0.25) is 5.91 Å². The Hall–Kier alpha value is -0.830. The molecule has 1 fully saturated rings. The second-order valence-corrected chi connectivity index (χ2v) is 4.14. The lowest BCUT2D eigenvalue weighted by molar-refractivity contribution is -0.117. The molecule has 1 aliphatic heterocycles. The summed E-state index contributed by atoms with van der Waals surface area (Å²) in [6, 6.07) is 0.870. The number of hydrogen-bond acceptors (Lipinski definition) is 2. The van der Waals surface area contributed by atoms with Crippen molar-refractivity contribution in [3.8, 4) is 0 Å². The molecule has 1 aliphatic rings. The van der Waals surface area contributed by atoms with Crippen LogP contribution in [0.15, 0.2) is 12.7 Å². The number of carbonyl (C=O) groups is 1. The van der Waals surface area contributed by atoms with Gasteiger partial charge in [0.05, 0.1) is 0 Å². The van der Waals surface area contributed by atoms with E-state index in [0.29, 0.717) is 12.1 Å². The Labute approximate surface area is 86.2 Å². The number of likely N-dealkylation sites (tertiary alicyclic amines) is 1. The van der Waals surface area contributed by atoms with Crippen molar-refractivity contribution in [1.82, 2.24) is 10.2 Å². The number of piperidine rings is 1. The fourth-order valence-electron chi connectivity index (χ4n) is 1.85. The molecule has 3 nitrogen and oxygen atoms in total. The molecule has 1 heterocycles. The van der Waals surface area contributed by atoms with Crippen LogP contribution in [-0.4, -0.2) is 36.0 Å². The van der Waals surface area contributed by atoms with Crippen molar-refractivity contribution in [3.63, 3.8) is 0 Å². The van der Waals surface area contributed by atoms with Gasteiger partial charge in [0.1, 0.15) is 0 Å². The molecule has 0 radical (unpaired) electrons. The summed E-state index contributed by atoms with van der Waals surface area (Å²) < 4.78 is 0. The first-order valence-corrected chi connectivity index (χ1v) is 5.30. The van der Waals surface area contributed by atoms with Crippen LogP contribution in [-0.2, 0) is 4.79 Å². The minimum absolute atomic E-state index is 0.0550. The second kappa shape index (κ2) is 5.15. The van der Waals surface area contributed by atoms with Gasteiger partial charge in [0, 0.05) is 18.6 Å². The van der Waals surface area contributed by atoms with Gasteiger partial charge in [-0.05, 0) is 39.3 Å². The average molecular weight is 196 g/mol. The summed E-state index contributed by atoms with van der Waals surface area (Å²) in [5.41, 5.74) is 0. The summed E-state index contributed by atoms with van der Waals surface area (Å²) in [4.78, 5) is 13.5. The van der Waals surface area contributed by atoms with Gasteiger partial charge in [-0.1, -0.05) is 6.58 Å². The third-order valence-electron chi connectivity index (χ3n) is 2.71. The van der Waals surface area contributed by atoms with E-state index in [-0.39, 0.29) is 5.91 Å². The lowest BCUT2D eigenvalue weighted by Crippen LogP contribution is -2.49. The SMILES string of the molecule is C=CC(=O)NC1CCCN(C(C)C)C1. The number of nitrogens with zero attached hydrogens (tertiary/aromatic N) is 1. The molecule has 0 saturated carbocycles. The zero-order valence-corrected chi connectivity index (χ0v) is 9.12. The zero-order valence-electron chi connectivity index (χ0n) is 9.12. The molecule has 0 aromatic carbocycles. The van der Waals surface area contributed by atoms with Gasteiger partial charge in [0.25, 0.3) is 0 Å². The van der Waals surface area contributed by atoms with Crippen LogP contribution in [0, 0.1) is 0 Å². The monoisotopic (exact) mass is 196 g/mol. The van der Waals surface area contributed by atoms with Crippen LogP contribution in [0.3, 0.4) is 0 Å². The van der Waals surface area contributed by atoms with Crippen molar-refractivity contribution in [1.29, 1.82) is 0 Å². The predicted octanol–water partition coefficient (Wildman–Crippen LogP) is 1.16. The molecule has 14 heavy (non-hydrogen) atoms. The van der Waals surface area contributed by atoms with Crippen LogP contribution in [0.4, 0.5) is 0 Å². The predicted molar refractivity (Wildman–Crippen MR) is 58.1 cm³/mol. The second-order valence-electron chi connectivity index (χ2n) is 4.14. The Kier molecular flexibility index (Phi) is 4.14. The van der Waals surface area contributed by atoms with E-state index >= 15 is 0 Å². The van der Waals surface area contributed by atoms with Gasteiger partial charge < -0.3 is 5.32 Å². The number of hydrogen-bond donors (Lipinski definition) is 1. The van der Waals surface area contributed by atoms with E-state index in [1.165, 1.54) is 12.5 Å². The highest BCUT2D eigenvalue weighted by molar-refractivity contribution is 5.87. The molecule has 0 spiro atoms. The van der Waals surface area contributed by atoms with Gasteiger partial charge in [-0.15, -0.1) is 0 Å². The molecule has 1 atom stereocenters. The van der Waals surface area contributed by atoms with Crippen LogP contribution in [0.25, 0.3) is 0 Å². The molecule has 1 rings (SSSR count). The van der Waals surface area contributed by atoms with Gasteiger partial charge in [-0.25, -0.2) is 0 Å². The molecule has 1 N–H and O–H groups in total. The molecular weight excluding hydrogens is 176 g/mol. The summed E-state index contributed by atoms with van der Waals surface area (Å²) >= 11 is 0. The van der Waals surface area contributed by atoms with E-state index < -0.39 is 0 Å². The molecule has 1 amide bonds. The molecule has 1 saturated heterocycles. The molecule has 0 aromatic heterocycles. The maximum atomic E-state index is 11.1. The van der Waals surface area contributed by atoms with Gasteiger partial charge in [-0.3, -0.25) is 9.69 Å². The van der Waals surface area contributed by atoms with Gasteiger partial charge >= 0.3 is 0 Å². The lowest BCUT2D eigenvalue weighted by atomic mass is 10.0. The van der Waals surface area contributed by atoms with Crippen molar-refractivity contribution in [3.05, 3.63) is 12.7 Å². The molecule has 0 aliphatic carbocycles. The first kappa shape index (κ1) is 11.2. The molecule has 80 valence electrons. The minimum atomic E-state index is -0.0550. The van der Waals surface area contributed by atoms with Crippen LogP contribution in [0.2, 0.25) is 0 Å². The standard InChI is InChI=1S/C11H20N2O/c1-4-11(14)12-10-6-5-7-13(8-10)9(2)3/h4,9-10H,1,5-8H2,2-3H3,(H,12,14). The van der Waals surface area contributed by atoms with E-state index in [2.05, 4.69) is 30.6 Å². The van der Waals surface area contributed by atoms with Crippen molar-refractivity contribution in [2.75, 3.05) is 13.1 Å². The van der Waals surface area contributed by atoms with E-state index in [1.807, 2.05) is 0 Å². The smallest absolute Gasteiger partial charge is 0.243 e. The first-order chi connectivity index (χ1) is 6.63. The maximum absolute atomic E-state index is 11.1. The summed E-state index contributed by atoms with van der Waals surface area (Å²) in [6.07, 6.45) is 3.59. The van der Waals surface area contributed by atoms with Crippen LogP contribution < -0.4 is 5.32 Å². The number of amides is 1. The van der Waals surface area contributed by atoms with E-state index in [4.69, 9.17) is 0 Å². The zero-order chi connectivity index (χ0) is 10.6. The number of rotatable bonds is 3. The summed E-state index contributed by atoms with van der Waals surface area (Å²) in [5, 5.41) is 2.95. The normalized spacial score (nSPS) is 23.5. The molecule has 1 unspecified atom stereocenters. The Morgan fingerprint density at radius 2 is 2.36 bits per heavy atom. The van der Waals surface area contributed by atoms with Crippen LogP contribution in [0.1, 0.15) is 26.7 Å². The Balaban J connectivity index is 2.39. The fourth-order valence-corrected chi connectivity index (χ4v) is 1.85. The first-order valence-electron chi connectivity index (χ1n) is 5.30. The minimum Gasteiger partial charge on any atom is -0.349 e. The number of carbonyl (C=O) groups excluding carboxylic acids is 1. The molecule has 3 heteroatoms. The van der Waals surface area contributed by atoms with Crippen molar-refractivity contribution >= 4 is 5.91 Å². The Bertz CT molecular complexity index is 213. The van der Waals surface area contributed by atoms with E-state index in [1.54, 1.807) is 0 Å². The summed E-state index contributed by atoms with van der Waals surface area (Å²) in [5.74, 6) is -0.0550. The van der Waals surface area contributed by atoms with E-state index in [9.17, 15) is 4.79 Å². The maximum Gasteiger partial charge on any atom is 0.243 e. The lowest BCUT2D eigenvalue weighted by Gasteiger charge is -2.35. The Morgan fingerprint density at radius 1 is 1.64 bits per heavy atom. The number of nitrogens with one attached hydrogen (secondary N) is 1. The Morgan fingerprint density at radius 3 is 2.93 bits per heavy atom. The van der Waals surface area contributed by atoms with Gasteiger partial charge in [0.15, 0.2) is 0 Å². The largest absolute Gasteiger partial charge is 0.349 e. The highest BCUT2D eigenvalue weighted by Crippen LogP contribution is 2.12. The van der Waals surface area contributed by atoms with Gasteiger partial charge in [-0.2, -0.15) is 0 Å². The van der Waals surface area contributed by atoms with E-state index in [0.717, 1.165) is 19.5 Å². The van der Waals surface area contributed by atoms with Crippen molar-refractivity contribution in [2.24, 2.45) is 0 Å². The third kappa shape index (κ3) is 3.14. The highest BCUT2D eigenvalue weighted by Gasteiger charge is 2.21. The molecular formula is C11H20N2O. The average Bonchev–Trinajstić information content (AvgIpc) is 2.18. The van der Waals surface area contributed by atoms with Crippen LogP contribution in [0.5, 0.6) is 0 Å². The molecule has 0 bridgehead atoms. The van der Waals surface area contributed by atoms with Crippen LogP contribution >= 0.6 is 0 Å². The highest BCUT2D eigenvalue weighted by atomic mass is 16.1. The third-order valence-corrected chi connectivity index (χ3v) is 2.71.